The summed E-state index contributed by atoms with van der Waals surface area (Å²) in [5, 5.41) is 0. The Kier molecular flexibility index (Phi) is 7.56. The van der Waals surface area contributed by atoms with E-state index in [0.29, 0.717) is 23.5 Å². The fourth-order valence-electron chi connectivity index (χ4n) is 5.43. The number of benzene rings is 1. The molecule has 0 bridgehead atoms. The number of hydrogen-bond donors (Lipinski definition) is 0. The van der Waals surface area contributed by atoms with E-state index in [0.717, 1.165) is 51.1 Å². The molecular weight excluding hydrogens is 396 g/mol. The van der Waals surface area contributed by atoms with Crippen LogP contribution in [0.4, 0.5) is 0 Å². The first-order valence-electron chi connectivity index (χ1n) is 12.4. The molecule has 5 nitrogen and oxygen atoms in total. The average molecular weight is 435 g/mol. The van der Waals surface area contributed by atoms with Gasteiger partial charge in [-0.2, -0.15) is 0 Å². The highest BCUT2D eigenvalue weighted by Crippen LogP contribution is 2.28. The molecule has 0 atom stereocenters. The summed E-state index contributed by atoms with van der Waals surface area (Å²) in [4.78, 5) is 27.1. The van der Waals surface area contributed by atoms with E-state index in [2.05, 4.69) is 51.0 Å². The Morgan fingerprint density at radius 3 is 2.44 bits per heavy atom. The summed E-state index contributed by atoms with van der Waals surface area (Å²) in [7, 11) is 0. The molecule has 1 aromatic carbocycles. The van der Waals surface area contributed by atoms with E-state index < -0.39 is 0 Å². The number of amides is 1. The molecule has 1 amide bonds. The van der Waals surface area contributed by atoms with Crippen molar-refractivity contribution in [3.63, 3.8) is 0 Å². The third kappa shape index (κ3) is 5.74. The van der Waals surface area contributed by atoms with Crippen molar-refractivity contribution in [1.82, 2.24) is 19.8 Å². The normalized spacial score (nSPS) is 18.2. The molecule has 2 heterocycles. The number of piperidine rings is 1. The quantitative estimate of drug-likeness (QED) is 0.631. The monoisotopic (exact) mass is 434 g/mol. The highest BCUT2D eigenvalue weighted by Gasteiger charge is 2.31. The molecule has 32 heavy (non-hydrogen) atoms. The largest absolute Gasteiger partial charge is 0.334 e. The van der Waals surface area contributed by atoms with E-state index in [1.807, 2.05) is 19.9 Å². The van der Waals surface area contributed by atoms with Crippen LogP contribution < -0.4 is 0 Å². The van der Waals surface area contributed by atoms with Gasteiger partial charge in [0.05, 0.1) is 0 Å². The van der Waals surface area contributed by atoms with Crippen molar-refractivity contribution in [3.8, 4) is 0 Å². The van der Waals surface area contributed by atoms with Crippen molar-refractivity contribution in [2.45, 2.75) is 71.8 Å². The lowest BCUT2D eigenvalue weighted by Gasteiger charge is -2.37. The zero-order valence-corrected chi connectivity index (χ0v) is 20.0. The van der Waals surface area contributed by atoms with E-state index in [1.165, 1.54) is 36.8 Å². The van der Waals surface area contributed by atoms with Crippen LogP contribution in [0.25, 0.3) is 0 Å². The molecule has 2 aliphatic rings. The number of carbonyl (C=O) groups is 1. The van der Waals surface area contributed by atoms with Crippen molar-refractivity contribution < 1.29 is 4.79 Å². The molecule has 0 unspecified atom stereocenters. The van der Waals surface area contributed by atoms with E-state index in [-0.39, 0.29) is 5.91 Å². The zero-order chi connectivity index (χ0) is 22.5. The second-order valence-electron chi connectivity index (χ2n) is 9.80. The van der Waals surface area contributed by atoms with Crippen LogP contribution >= 0.6 is 0 Å². The van der Waals surface area contributed by atoms with Crippen LogP contribution in [0.2, 0.25) is 0 Å². The van der Waals surface area contributed by atoms with Crippen LogP contribution in [0, 0.1) is 26.7 Å². The molecule has 1 saturated heterocycles. The minimum atomic E-state index is 0.104. The van der Waals surface area contributed by atoms with Gasteiger partial charge < -0.3 is 9.80 Å². The fourth-order valence-corrected chi connectivity index (χ4v) is 5.43. The number of rotatable bonds is 7. The van der Waals surface area contributed by atoms with Crippen molar-refractivity contribution in [2.75, 3.05) is 26.2 Å². The van der Waals surface area contributed by atoms with Crippen molar-refractivity contribution >= 4 is 5.91 Å². The Labute approximate surface area is 193 Å². The standard InChI is InChI=1S/C27H38N4O/c1-20-8-4-5-9-24(20)14-17-30-15-12-23(13-16-30)19-31(25-10-6-7-11-25)27(32)26-18-21(2)28-22(3)29-26/h4-5,8-9,18,23,25H,6-7,10-17,19H2,1-3H3. The molecule has 0 spiro atoms. The van der Waals surface area contributed by atoms with Crippen LogP contribution in [-0.4, -0.2) is 57.9 Å². The lowest BCUT2D eigenvalue weighted by Crippen LogP contribution is -2.45. The molecule has 1 aliphatic heterocycles. The Morgan fingerprint density at radius 2 is 1.75 bits per heavy atom. The summed E-state index contributed by atoms with van der Waals surface area (Å²) in [6.07, 6.45) is 8.18. The summed E-state index contributed by atoms with van der Waals surface area (Å²) in [5.41, 5.74) is 4.29. The van der Waals surface area contributed by atoms with Crippen molar-refractivity contribution in [2.24, 2.45) is 5.92 Å². The molecule has 2 aromatic rings. The minimum absolute atomic E-state index is 0.104. The van der Waals surface area contributed by atoms with Crippen molar-refractivity contribution in [1.29, 1.82) is 0 Å². The van der Waals surface area contributed by atoms with Gasteiger partial charge in [0.25, 0.3) is 5.91 Å². The van der Waals surface area contributed by atoms with Gasteiger partial charge >= 0.3 is 0 Å². The molecule has 0 radical (unpaired) electrons. The van der Waals surface area contributed by atoms with E-state index in [4.69, 9.17) is 0 Å². The van der Waals surface area contributed by atoms with Gasteiger partial charge in [0.15, 0.2) is 0 Å². The van der Waals surface area contributed by atoms with Crippen LogP contribution in [0.15, 0.2) is 30.3 Å². The highest BCUT2D eigenvalue weighted by molar-refractivity contribution is 5.92. The number of aromatic nitrogens is 2. The smallest absolute Gasteiger partial charge is 0.272 e. The molecule has 172 valence electrons. The summed E-state index contributed by atoms with van der Waals surface area (Å²) >= 11 is 0. The van der Waals surface area contributed by atoms with E-state index >= 15 is 0 Å². The Hall–Kier alpha value is -2.27. The maximum absolute atomic E-state index is 13.5. The molecule has 5 heteroatoms. The zero-order valence-electron chi connectivity index (χ0n) is 20.0. The fraction of sp³-hybridized carbons (Fsp3) is 0.593. The number of carbonyl (C=O) groups excluding carboxylic acids is 1. The predicted molar refractivity (Wildman–Crippen MR) is 129 cm³/mol. The molecule has 1 saturated carbocycles. The summed E-state index contributed by atoms with van der Waals surface area (Å²) < 4.78 is 0. The Morgan fingerprint density at radius 1 is 1.03 bits per heavy atom. The lowest BCUT2D eigenvalue weighted by molar-refractivity contribution is 0.0592. The Bertz CT molecular complexity index is 893. The molecule has 1 aromatic heterocycles. The first-order valence-corrected chi connectivity index (χ1v) is 12.4. The number of aryl methyl sites for hydroxylation is 3. The van der Waals surface area contributed by atoms with Gasteiger partial charge in [0.1, 0.15) is 11.5 Å². The molecule has 4 rings (SSSR count). The van der Waals surface area contributed by atoms with Gasteiger partial charge in [-0.05, 0) is 89.1 Å². The van der Waals surface area contributed by atoms with Crippen LogP contribution in [0.3, 0.4) is 0 Å². The maximum Gasteiger partial charge on any atom is 0.272 e. The molecule has 1 aliphatic carbocycles. The number of likely N-dealkylation sites (tertiary alicyclic amines) is 1. The first-order chi connectivity index (χ1) is 15.5. The lowest BCUT2D eigenvalue weighted by atomic mass is 9.94. The molecular formula is C27H38N4O. The minimum Gasteiger partial charge on any atom is -0.334 e. The third-order valence-electron chi connectivity index (χ3n) is 7.33. The highest BCUT2D eigenvalue weighted by atomic mass is 16.2. The van der Waals surface area contributed by atoms with Gasteiger partial charge in [-0.25, -0.2) is 9.97 Å². The van der Waals surface area contributed by atoms with Gasteiger partial charge in [-0.15, -0.1) is 0 Å². The first kappa shape index (κ1) is 22.9. The summed E-state index contributed by atoms with van der Waals surface area (Å²) in [6, 6.07) is 10.9. The number of hydrogen-bond acceptors (Lipinski definition) is 4. The Balaban J connectivity index is 1.35. The van der Waals surface area contributed by atoms with Gasteiger partial charge in [0.2, 0.25) is 0 Å². The third-order valence-corrected chi connectivity index (χ3v) is 7.33. The van der Waals surface area contributed by atoms with Gasteiger partial charge in [-0.3, -0.25) is 4.79 Å². The van der Waals surface area contributed by atoms with Crippen LogP contribution in [-0.2, 0) is 6.42 Å². The maximum atomic E-state index is 13.5. The van der Waals surface area contributed by atoms with Crippen LogP contribution in [0.5, 0.6) is 0 Å². The predicted octanol–water partition coefficient (Wildman–Crippen LogP) is 4.74. The summed E-state index contributed by atoms with van der Waals surface area (Å²) in [6.45, 7) is 10.3. The topological polar surface area (TPSA) is 49.3 Å². The SMILES string of the molecule is Cc1cc(C(=O)N(CC2CCN(CCc3ccccc3C)CC2)C2CCCC2)nc(C)n1. The number of nitrogens with zero attached hydrogens (tertiary/aromatic N) is 4. The van der Waals surface area contributed by atoms with Gasteiger partial charge in [-0.1, -0.05) is 37.1 Å². The average Bonchev–Trinajstić information content (AvgIpc) is 3.31. The van der Waals surface area contributed by atoms with Crippen LogP contribution in [0.1, 0.15) is 71.7 Å². The molecule has 2 fully saturated rings. The van der Waals surface area contributed by atoms with Gasteiger partial charge in [0, 0.05) is 24.8 Å². The van der Waals surface area contributed by atoms with E-state index in [9.17, 15) is 4.79 Å². The van der Waals surface area contributed by atoms with Crippen molar-refractivity contribution in [3.05, 3.63) is 58.7 Å². The van der Waals surface area contributed by atoms with E-state index in [1.54, 1.807) is 0 Å². The molecule has 0 N–H and O–H groups in total. The second-order valence-corrected chi connectivity index (χ2v) is 9.80. The second kappa shape index (κ2) is 10.6. The summed E-state index contributed by atoms with van der Waals surface area (Å²) in [5.74, 6) is 1.37.